The maximum absolute atomic E-state index is 14.9. The highest BCUT2D eigenvalue weighted by molar-refractivity contribution is 7.50. The zero-order valence-corrected chi connectivity index (χ0v) is 25.6. The first-order valence-corrected chi connectivity index (χ1v) is 15.1. The number of alkyl halides is 2. The SMILES string of the molecule is Cc1cc(CO)c2oc(COC(=O)Cc3ccn([C@@H]4O[C@H](COP(=O)(O)N[C@@H](C)C(=O)N(C)C)[C@@H](O)C4(F)F)c(=O)n3)cc2c1. The molecule has 1 amide bonds. The van der Waals surface area contributed by atoms with Crippen LogP contribution in [0.3, 0.4) is 0 Å². The minimum Gasteiger partial charge on any atom is -0.457 e. The predicted molar refractivity (Wildman–Crippen MR) is 151 cm³/mol. The van der Waals surface area contributed by atoms with Crippen molar-refractivity contribution in [3.05, 3.63) is 63.5 Å². The average Bonchev–Trinajstić information content (AvgIpc) is 3.47. The van der Waals surface area contributed by atoms with E-state index in [-0.39, 0.29) is 18.9 Å². The fraction of sp³-hybridized carbons (Fsp3) is 0.481. The molecule has 1 aliphatic heterocycles. The monoisotopic (exact) mass is 658 g/mol. The van der Waals surface area contributed by atoms with Gasteiger partial charge < -0.3 is 33.9 Å². The van der Waals surface area contributed by atoms with Gasteiger partial charge in [-0.3, -0.25) is 18.7 Å². The van der Waals surface area contributed by atoms with Gasteiger partial charge in [0.25, 0.3) is 0 Å². The molecule has 1 aliphatic rings. The lowest BCUT2D eigenvalue weighted by Crippen LogP contribution is -2.42. The summed E-state index contributed by atoms with van der Waals surface area (Å²) in [5.41, 5.74) is 0.609. The van der Waals surface area contributed by atoms with Crippen molar-refractivity contribution in [3.8, 4) is 0 Å². The Labute approximate surface area is 254 Å². The molecule has 246 valence electrons. The number of aryl methyl sites for hydroxylation is 1. The van der Waals surface area contributed by atoms with Gasteiger partial charge in [0, 0.05) is 31.2 Å². The van der Waals surface area contributed by atoms with Gasteiger partial charge >= 0.3 is 25.3 Å². The summed E-state index contributed by atoms with van der Waals surface area (Å²) < 4.78 is 63.4. The van der Waals surface area contributed by atoms with Crippen LogP contribution in [0.5, 0.6) is 0 Å². The van der Waals surface area contributed by atoms with Gasteiger partial charge in [0.05, 0.1) is 31.4 Å². The third kappa shape index (κ3) is 7.81. The lowest BCUT2D eigenvalue weighted by atomic mass is 10.1. The van der Waals surface area contributed by atoms with Crippen LogP contribution in [0.2, 0.25) is 0 Å². The number of ether oxygens (including phenoxy) is 2. The first-order chi connectivity index (χ1) is 21.0. The molecule has 0 spiro atoms. The number of esters is 1. The van der Waals surface area contributed by atoms with Crippen molar-refractivity contribution in [2.45, 2.75) is 63.9 Å². The first-order valence-electron chi connectivity index (χ1n) is 13.6. The summed E-state index contributed by atoms with van der Waals surface area (Å²) in [6, 6.07) is 5.22. The number of furan rings is 1. The fourth-order valence-electron chi connectivity index (χ4n) is 4.71. The van der Waals surface area contributed by atoms with Crippen LogP contribution >= 0.6 is 7.75 Å². The highest BCUT2D eigenvalue weighted by Gasteiger charge is 2.60. The molecule has 1 unspecified atom stereocenters. The standard InChI is InChI=1S/C27H33F2N4O11P/c1-14-7-16-9-19(43-22(16)17(8-14)11-34)12-41-21(35)10-18-5-6-33(26(38)30-18)25-27(28,29)23(36)20(44-25)13-42-45(39,40)31-15(2)24(37)32(3)4/h5-9,15,20,23,25,34,36H,10-13H2,1-4H3,(H2,31,39,40)/t15-,20+,23+,25+/m0/s1. The number of hydrogen-bond acceptors (Lipinski definition) is 11. The zero-order chi connectivity index (χ0) is 33.3. The lowest BCUT2D eigenvalue weighted by molar-refractivity contribution is -0.144. The molecule has 3 aromatic rings. The number of rotatable bonds is 12. The number of fused-ring (bicyclic) bond motifs is 1. The topological polar surface area (TPSA) is 203 Å². The maximum atomic E-state index is 14.9. The number of amides is 1. The second-order valence-electron chi connectivity index (χ2n) is 10.7. The number of halogens is 2. The van der Waals surface area contributed by atoms with Crippen LogP contribution < -0.4 is 10.8 Å². The van der Waals surface area contributed by atoms with E-state index in [0.29, 0.717) is 26.9 Å². The van der Waals surface area contributed by atoms with E-state index in [9.17, 15) is 42.8 Å². The normalized spacial score (nSPS) is 21.4. The number of likely N-dealkylation sites (N-methyl/N-ethyl adjacent to an activating group) is 1. The Morgan fingerprint density at radius 3 is 2.64 bits per heavy atom. The van der Waals surface area contributed by atoms with Crippen molar-refractivity contribution in [2.24, 2.45) is 0 Å². The van der Waals surface area contributed by atoms with Gasteiger partial charge in [-0.15, -0.1) is 0 Å². The second-order valence-corrected chi connectivity index (χ2v) is 12.3. The van der Waals surface area contributed by atoms with Gasteiger partial charge in [-0.25, -0.2) is 14.4 Å². The summed E-state index contributed by atoms with van der Waals surface area (Å²) in [5.74, 6) is -5.09. The number of carbonyl (C=O) groups excluding carboxylic acids is 2. The van der Waals surface area contributed by atoms with Gasteiger partial charge in [-0.1, -0.05) is 6.07 Å². The molecule has 0 bridgehead atoms. The number of hydrogen-bond donors (Lipinski definition) is 4. The molecule has 0 aliphatic carbocycles. The second kappa shape index (κ2) is 13.4. The van der Waals surface area contributed by atoms with Crippen LogP contribution in [-0.4, -0.2) is 86.3 Å². The summed E-state index contributed by atoms with van der Waals surface area (Å²) in [6.45, 7) is 1.66. The summed E-state index contributed by atoms with van der Waals surface area (Å²) in [7, 11) is -1.86. The van der Waals surface area contributed by atoms with Gasteiger partial charge in [0.1, 0.15) is 24.1 Å². The average molecular weight is 659 g/mol. The fourth-order valence-corrected chi connectivity index (χ4v) is 5.74. The van der Waals surface area contributed by atoms with Gasteiger partial charge in [-0.2, -0.15) is 13.8 Å². The summed E-state index contributed by atoms with van der Waals surface area (Å²) in [6.07, 6.45) is -6.32. The van der Waals surface area contributed by atoms with Crippen LogP contribution in [0.15, 0.2) is 39.7 Å². The van der Waals surface area contributed by atoms with E-state index in [0.717, 1.165) is 22.7 Å². The molecule has 1 saturated heterocycles. The summed E-state index contributed by atoms with van der Waals surface area (Å²) in [5, 5.41) is 22.5. The Kier molecular flexibility index (Phi) is 10.2. The molecule has 2 aromatic heterocycles. The molecule has 45 heavy (non-hydrogen) atoms. The van der Waals surface area contributed by atoms with Gasteiger partial charge in [0.2, 0.25) is 12.1 Å². The van der Waals surface area contributed by atoms with Crippen LogP contribution in [0.1, 0.15) is 35.7 Å². The van der Waals surface area contributed by atoms with E-state index < -0.39 is 68.7 Å². The van der Waals surface area contributed by atoms with E-state index in [2.05, 4.69) is 10.1 Å². The molecule has 1 aromatic carbocycles. The molecule has 4 N–H and O–H groups in total. The molecule has 5 atom stereocenters. The smallest absolute Gasteiger partial charge is 0.403 e. The maximum Gasteiger partial charge on any atom is 0.403 e. The Balaban J connectivity index is 1.37. The van der Waals surface area contributed by atoms with Crippen molar-refractivity contribution in [1.29, 1.82) is 0 Å². The minimum absolute atomic E-state index is 0.0977. The highest BCUT2D eigenvalue weighted by Crippen LogP contribution is 2.45. The summed E-state index contributed by atoms with van der Waals surface area (Å²) in [4.78, 5) is 51.8. The van der Waals surface area contributed by atoms with Crippen LogP contribution in [0.25, 0.3) is 11.0 Å². The first kappa shape index (κ1) is 34.3. The number of aliphatic hydroxyl groups excluding tert-OH is 2. The van der Waals surface area contributed by atoms with E-state index in [1.54, 1.807) is 12.1 Å². The summed E-state index contributed by atoms with van der Waals surface area (Å²) >= 11 is 0. The third-order valence-electron chi connectivity index (χ3n) is 6.86. The predicted octanol–water partition coefficient (Wildman–Crippen LogP) is 1.15. The third-order valence-corrected chi connectivity index (χ3v) is 8.07. The van der Waals surface area contributed by atoms with Gasteiger partial charge in [-0.05, 0) is 37.6 Å². The molecule has 18 heteroatoms. The van der Waals surface area contributed by atoms with Crippen LogP contribution in [0, 0.1) is 6.92 Å². The van der Waals surface area contributed by atoms with Crippen LogP contribution in [0.4, 0.5) is 8.78 Å². The molecule has 0 saturated carbocycles. The van der Waals surface area contributed by atoms with E-state index in [4.69, 9.17) is 18.4 Å². The minimum atomic E-state index is -4.70. The van der Waals surface area contributed by atoms with Crippen molar-refractivity contribution >= 4 is 30.6 Å². The Hall–Kier alpha value is -3.57. The Morgan fingerprint density at radius 2 is 2.00 bits per heavy atom. The number of carbonyl (C=O) groups is 2. The highest BCUT2D eigenvalue weighted by atomic mass is 31.2. The van der Waals surface area contributed by atoms with E-state index in [1.165, 1.54) is 21.0 Å². The van der Waals surface area contributed by atoms with E-state index in [1.807, 2.05) is 13.0 Å². The van der Waals surface area contributed by atoms with Crippen molar-refractivity contribution in [1.82, 2.24) is 19.5 Å². The number of nitrogens with zero attached hydrogens (tertiary/aromatic N) is 3. The molecule has 0 radical (unpaired) electrons. The number of aromatic nitrogens is 2. The molecular formula is C27H33F2N4O11P. The number of benzene rings is 1. The molecule has 1 fully saturated rings. The zero-order valence-electron chi connectivity index (χ0n) is 24.7. The van der Waals surface area contributed by atoms with Crippen molar-refractivity contribution in [2.75, 3.05) is 20.7 Å². The number of aliphatic hydroxyl groups is 2. The van der Waals surface area contributed by atoms with Crippen molar-refractivity contribution in [3.63, 3.8) is 0 Å². The van der Waals surface area contributed by atoms with Gasteiger partial charge in [0.15, 0.2) is 6.10 Å². The van der Waals surface area contributed by atoms with E-state index >= 15 is 0 Å². The molecule has 4 rings (SSSR count). The molecule has 3 heterocycles. The molecular weight excluding hydrogens is 625 g/mol. The Bertz CT molecular complexity index is 1680. The number of nitrogens with one attached hydrogen (secondary N) is 1. The Morgan fingerprint density at radius 1 is 1.29 bits per heavy atom. The quantitative estimate of drug-likeness (QED) is 0.160. The molecule has 15 nitrogen and oxygen atoms in total. The van der Waals surface area contributed by atoms with Crippen molar-refractivity contribution < 1.29 is 56.5 Å². The lowest BCUT2D eigenvalue weighted by Gasteiger charge is -2.22. The largest absolute Gasteiger partial charge is 0.457 e. The van der Waals surface area contributed by atoms with Crippen LogP contribution in [-0.2, 0) is 47.8 Å².